The highest BCUT2D eigenvalue weighted by Gasteiger charge is 2.06. The van der Waals surface area contributed by atoms with Crippen LogP contribution in [0.3, 0.4) is 0 Å². The summed E-state index contributed by atoms with van der Waals surface area (Å²) in [5.41, 5.74) is 3.71. The average molecular weight is 382 g/mol. The smallest absolute Gasteiger partial charge is 0.229 e. The second-order valence-electron chi connectivity index (χ2n) is 6.12. The van der Waals surface area contributed by atoms with E-state index in [9.17, 15) is 4.79 Å². The first-order valence-corrected chi connectivity index (χ1v) is 8.83. The van der Waals surface area contributed by atoms with Crippen molar-refractivity contribution in [1.29, 1.82) is 0 Å². The minimum Gasteiger partial charge on any atom is -0.495 e. The van der Waals surface area contributed by atoms with Gasteiger partial charge in [0.1, 0.15) is 11.6 Å². The van der Waals surface area contributed by atoms with Crippen LogP contribution in [0.1, 0.15) is 11.1 Å². The molecule has 0 unspecified atom stereocenters. The molecule has 5 nitrogen and oxygen atoms in total. The van der Waals surface area contributed by atoms with Crippen molar-refractivity contribution in [3.63, 3.8) is 0 Å². The van der Waals surface area contributed by atoms with E-state index < -0.39 is 0 Å². The summed E-state index contributed by atoms with van der Waals surface area (Å²) in [6.45, 7) is 2.00. The van der Waals surface area contributed by atoms with Gasteiger partial charge in [0.2, 0.25) is 5.91 Å². The molecule has 1 heterocycles. The summed E-state index contributed by atoms with van der Waals surface area (Å²) in [6, 6.07) is 16.9. The average Bonchev–Trinajstić information content (AvgIpc) is 2.63. The number of carbonyl (C=O) groups is 1. The number of methoxy groups -OCH3 is 1. The third-order valence-electron chi connectivity index (χ3n) is 3.92. The number of nitrogens with zero attached hydrogens (tertiary/aromatic N) is 1. The Hall–Kier alpha value is -3.05. The number of aromatic nitrogens is 1. The standard InChI is InChI=1S/C21H20ClN3O2/c1-14-4-3-5-15(10-14)11-21(26)25-20-9-7-17(13-23-20)24-16-6-8-19(27-2)18(22)12-16/h3-10,12-13,24H,11H2,1-2H3,(H,23,25,26). The van der Waals surface area contributed by atoms with Crippen molar-refractivity contribution in [2.24, 2.45) is 0 Å². The minimum atomic E-state index is -0.101. The maximum atomic E-state index is 12.2. The molecule has 0 bridgehead atoms. The predicted octanol–water partition coefficient (Wildman–Crippen LogP) is 4.98. The van der Waals surface area contributed by atoms with E-state index in [4.69, 9.17) is 16.3 Å². The first-order chi connectivity index (χ1) is 13.0. The van der Waals surface area contributed by atoms with Crippen LogP contribution in [-0.2, 0) is 11.2 Å². The number of hydrogen-bond acceptors (Lipinski definition) is 4. The van der Waals surface area contributed by atoms with Gasteiger partial charge in [-0.05, 0) is 42.8 Å². The van der Waals surface area contributed by atoms with Crippen molar-refractivity contribution in [2.75, 3.05) is 17.7 Å². The van der Waals surface area contributed by atoms with Crippen LogP contribution in [0, 0.1) is 6.92 Å². The zero-order chi connectivity index (χ0) is 19.2. The van der Waals surface area contributed by atoms with Gasteiger partial charge in [0.15, 0.2) is 0 Å². The van der Waals surface area contributed by atoms with Gasteiger partial charge in [0, 0.05) is 5.69 Å². The van der Waals surface area contributed by atoms with E-state index in [0.29, 0.717) is 23.0 Å². The number of halogens is 1. The SMILES string of the molecule is COc1ccc(Nc2ccc(NC(=O)Cc3cccc(C)c3)nc2)cc1Cl. The Morgan fingerprint density at radius 2 is 1.93 bits per heavy atom. The summed E-state index contributed by atoms with van der Waals surface area (Å²) < 4.78 is 5.14. The van der Waals surface area contributed by atoms with Gasteiger partial charge in [0.25, 0.3) is 0 Å². The first kappa shape index (κ1) is 18.7. The molecular formula is C21H20ClN3O2. The topological polar surface area (TPSA) is 63.2 Å². The van der Waals surface area contributed by atoms with Gasteiger partial charge in [-0.2, -0.15) is 0 Å². The quantitative estimate of drug-likeness (QED) is 0.632. The summed E-state index contributed by atoms with van der Waals surface area (Å²) in [7, 11) is 1.57. The second kappa shape index (κ2) is 8.56. The zero-order valence-electron chi connectivity index (χ0n) is 15.1. The summed E-state index contributed by atoms with van der Waals surface area (Å²) in [5, 5.41) is 6.54. The van der Waals surface area contributed by atoms with Crippen LogP contribution in [0.25, 0.3) is 0 Å². The molecule has 0 aliphatic rings. The number of benzene rings is 2. The van der Waals surface area contributed by atoms with Crippen molar-refractivity contribution < 1.29 is 9.53 Å². The lowest BCUT2D eigenvalue weighted by molar-refractivity contribution is -0.115. The molecule has 0 radical (unpaired) electrons. The Morgan fingerprint density at radius 3 is 2.59 bits per heavy atom. The van der Waals surface area contributed by atoms with Gasteiger partial charge in [0.05, 0.1) is 30.4 Å². The first-order valence-electron chi connectivity index (χ1n) is 8.45. The molecule has 27 heavy (non-hydrogen) atoms. The number of rotatable bonds is 6. The second-order valence-corrected chi connectivity index (χ2v) is 6.53. The molecule has 6 heteroatoms. The molecular weight excluding hydrogens is 362 g/mol. The van der Waals surface area contributed by atoms with E-state index in [1.54, 1.807) is 31.5 Å². The molecule has 0 aliphatic carbocycles. The highest BCUT2D eigenvalue weighted by atomic mass is 35.5. The van der Waals surface area contributed by atoms with Crippen LogP contribution < -0.4 is 15.4 Å². The van der Waals surface area contributed by atoms with Crippen molar-refractivity contribution >= 4 is 34.7 Å². The highest BCUT2D eigenvalue weighted by Crippen LogP contribution is 2.28. The number of nitrogens with one attached hydrogen (secondary N) is 2. The summed E-state index contributed by atoms with van der Waals surface area (Å²) in [5.74, 6) is 1.02. The van der Waals surface area contributed by atoms with Gasteiger partial charge in [-0.3, -0.25) is 4.79 Å². The van der Waals surface area contributed by atoms with E-state index in [-0.39, 0.29) is 5.91 Å². The summed E-state index contributed by atoms with van der Waals surface area (Å²) in [4.78, 5) is 16.5. The fourth-order valence-electron chi connectivity index (χ4n) is 2.65. The van der Waals surface area contributed by atoms with Crippen LogP contribution in [-0.4, -0.2) is 18.0 Å². The Bertz CT molecular complexity index is 942. The maximum absolute atomic E-state index is 12.2. The minimum absolute atomic E-state index is 0.101. The van der Waals surface area contributed by atoms with Crippen LogP contribution in [0.5, 0.6) is 5.75 Å². The van der Waals surface area contributed by atoms with Gasteiger partial charge in [-0.15, -0.1) is 0 Å². The number of aryl methyl sites for hydroxylation is 1. The van der Waals surface area contributed by atoms with E-state index in [2.05, 4.69) is 15.6 Å². The number of ether oxygens (including phenoxy) is 1. The molecule has 0 fully saturated rings. The van der Waals surface area contributed by atoms with E-state index in [1.165, 1.54) is 0 Å². The molecule has 3 rings (SSSR count). The third-order valence-corrected chi connectivity index (χ3v) is 4.21. The Balaban J connectivity index is 1.60. The molecule has 0 spiro atoms. The van der Waals surface area contributed by atoms with E-state index in [1.807, 2.05) is 43.3 Å². The molecule has 2 N–H and O–H groups in total. The predicted molar refractivity (Wildman–Crippen MR) is 109 cm³/mol. The maximum Gasteiger partial charge on any atom is 0.229 e. The lowest BCUT2D eigenvalue weighted by Gasteiger charge is -2.10. The number of carbonyl (C=O) groups excluding carboxylic acids is 1. The van der Waals surface area contributed by atoms with Crippen molar-refractivity contribution in [1.82, 2.24) is 4.98 Å². The van der Waals surface area contributed by atoms with Crippen molar-refractivity contribution in [3.8, 4) is 5.75 Å². The molecule has 2 aromatic carbocycles. The fourth-order valence-corrected chi connectivity index (χ4v) is 2.90. The number of anilines is 3. The third kappa shape index (κ3) is 5.21. The fraction of sp³-hybridized carbons (Fsp3) is 0.143. The largest absolute Gasteiger partial charge is 0.495 e. The highest BCUT2D eigenvalue weighted by molar-refractivity contribution is 6.32. The Labute approximate surface area is 163 Å². The van der Waals surface area contributed by atoms with Crippen LogP contribution in [0.4, 0.5) is 17.2 Å². The number of pyridine rings is 1. The normalized spacial score (nSPS) is 10.3. The molecule has 1 amide bonds. The molecule has 3 aromatic rings. The van der Waals surface area contributed by atoms with Gasteiger partial charge in [-0.1, -0.05) is 41.4 Å². The van der Waals surface area contributed by atoms with Crippen LogP contribution in [0.2, 0.25) is 5.02 Å². The van der Waals surface area contributed by atoms with Crippen molar-refractivity contribution in [2.45, 2.75) is 13.3 Å². The van der Waals surface area contributed by atoms with Gasteiger partial charge >= 0.3 is 0 Å². The van der Waals surface area contributed by atoms with Crippen LogP contribution >= 0.6 is 11.6 Å². The van der Waals surface area contributed by atoms with Gasteiger partial charge < -0.3 is 15.4 Å². The molecule has 0 saturated carbocycles. The monoisotopic (exact) mass is 381 g/mol. The zero-order valence-corrected chi connectivity index (χ0v) is 15.9. The van der Waals surface area contributed by atoms with Crippen molar-refractivity contribution in [3.05, 3.63) is 76.9 Å². The molecule has 0 aliphatic heterocycles. The summed E-state index contributed by atoms with van der Waals surface area (Å²) in [6.07, 6.45) is 1.97. The Kier molecular flexibility index (Phi) is 5.94. The Morgan fingerprint density at radius 1 is 1.11 bits per heavy atom. The molecule has 0 saturated heterocycles. The molecule has 0 atom stereocenters. The lowest BCUT2D eigenvalue weighted by atomic mass is 10.1. The van der Waals surface area contributed by atoms with E-state index in [0.717, 1.165) is 22.5 Å². The molecule has 138 valence electrons. The summed E-state index contributed by atoms with van der Waals surface area (Å²) >= 11 is 6.13. The lowest BCUT2D eigenvalue weighted by Crippen LogP contribution is -2.15. The number of amides is 1. The van der Waals surface area contributed by atoms with Crippen LogP contribution in [0.15, 0.2) is 60.8 Å². The molecule has 1 aromatic heterocycles. The van der Waals surface area contributed by atoms with Gasteiger partial charge in [-0.25, -0.2) is 4.98 Å². The number of hydrogen-bond donors (Lipinski definition) is 2. The van der Waals surface area contributed by atoms with E-state index >= 15 is 0 Å².